The fourth-order valence-corrected chi connectivity index (χ4v) is 2.48. The van der Waals surface area contributed by atoms with E-state index in [9.17, 15) is 9.18 Å². The third-order valence-electron chi connectivity index (χ3n) is 3.56. The molecule has 5 nitrogen and oxygen atoms in total. The van der Waals surface area contributed by atoms with Crippen LogP contribution in [0, 0.1) is 11.7 Å². The molecule has 1 saturated carbocycles. The molecule has 0 radical (unpaired) electrons. The van der Waals surface area contributed by atoms with Gasteiger partial charge in [-0.15, -0.1) is 0 Å². The van der Waals surface area contributed by atoms with Gasteiger partial charge in [0.1, 0.15) is 17.3 Å². The third kappa shape index (κ3) is 2.74. The van der Waals surface area contributed by atoms with Gasteiger partial charge in [0.15, 0.2) is 0 Å². The van der Waals surface area contributed by atoms with E-state index in [1.165, 1.54) is 12.1 Å². The average molecular weight is 275 g/mol. The number of hydrogen-bond acceptors (Lipinski definition) is 5. The molecule has 0 aliphatic heterocycles. The minimum Gasteiger partial charge on any atom is -0.338 e. The van der Waals surface area contributed by atoms with Crippen molar-refractivity contribution >= 4 is 5.78 Å². The fraction of sp³-hybridized carbons (Fsp3) is 0.429. The molecule has 0 unspecified atom stereocenters. The van der Waals surface area contributed by atoms with Gasteiger partial charge < -0.3 is 4.52 Å². The second-order valence-corrected chi connectivity index (χ2v) is 5.00. The fourth-order valence-electron chi connectivity index (χ4n) is 2.48. The van der Waals surface area contributed by atoms with Crippen LogP contribution in [0.15, 0.2) is 22.9 Å². The lowest BCUT2D eigenvalue weighted by atomic mass is 10.0. The van der Waals surface area contributed by atoms with Crippen LogP contribution in [0.3, 0.4) is 0 Å². The summed E-state index contributed by atoms with van der Waals surface area (Å²) in [7, 11) is 0. The number of Topliss-reactive ketones (excluding diaryl/α,β-unsaturated/α-hetero) is 1. The van der Waals surface area contributed by atoms with Gasteiger partial charge in [0.2, 0.25) is 11.7 Å². The van der Waals surface area contributed by atoms with Crippen LogP contribution in [0.2, 0.25) is 0 Å². The van der Waals surface area contributed by atoms with E-state index in [0.717, 1.165) is 31.9 Å². The SMILES string of the molecule is O=C(Cc1nc(-c2ccc(F)cn2)no1)C1CCCC1. The highest BCUT2D eigenvalue weighted by molar-refractivity contribution is 5.82. The Labute approximate surface area is 115 Å². The summed E-state index contributed by atoms with van der Waals surface area (Å²) in [5.41, 5.74) is 0.426. The first-order chi connectivity index (χ1) is 9.72. The molecule has 0 atom stereocenters. The van der Waals surface area contributed by atoms with E-state index in [0.29, 0.717) is 11.6 Å². The lowest BCUT2D eigenvalue weighted by Crippen LogP contribution is -2.13. The second kappa shape index (κ2) is 5.48. The van der Waals surface area contributed by atoms with Crippen LogP contribution in [0.5, 0.6) is 0 Å². The van der Waals surface area contributed by atoms with E-state index in [1.807, 2.05) is 0 Å². The van der Waals surface area contributed by atoms with Gasteiger partial charge in [-0.1, -0.05) is 18.0 Å². The lowest BCUT2D eigenvalue weighted by molar-refractivity contribution is -0.122. The zero-order valence-electron chi connectivity index (χ0n) is 10.9. The topological polar surface area (TPSA) is 68.9 Å². The average Bonchev–Trinajstić information content (AvgIpc) is 3.10. The molecule has 6 heteroatoms. The third-order valence-corrected chi connectivity index (χ3v) is 3.56. The summed E-state index contributed by atoms with van der Waals surface area (Å²) in [6.45, 7) is 0. The molecule has 2 aromatic heterocycles. The Balaban J connectivity index is 1.70. The number of halogens is 1. The molecule has 0 amide bonds. The maximum Gasteiger partial charge on any atom is 0.234 e. The molecular formula is C14H14FN3O2. The van der Waals surface area contributed by atoms with E-state index >= 15 is 0 Å². The summed E-state index contributed by atoms with van der Waals surface area (Å²) in [6, 6.07) is 2.75. The Morgan fingerprint density at radius 3 is 2.85 bits per heavy atom. The van der Waals surface area contributed by atoms with Gasteiger partial charge in [-0.3, -0.25) is 4.79 Å². The number of rotatable bonds is 4. The number of carbonyl (C=O) groups is 1. The van der Waals surface area contributed by atoms with E-state index in [-0.39, 0.29) is 23.9 Å². The highest BCUT2D eigenvalue weighted by atomic mass is 19.1. The summed E-state index contributed by atoms with van der Waals surface area (Å²) >= 11 is 0. The number of nitrogens with zero attached hydrogens (tertiary/aromatic N) is 3. The van der Waals surface area contributed by atoms with E-state index in [1.54, 1.807) is 0 Å². The molecule has 0 N–H and O–H groups in total. The van der Waals surface area contributed by atoms with E-state index in [4.69, 9.17) is 4.52 Å². The maximum absolute atomic E-state index is 12.8. The summed E-state index contributed by atoms with van der Waals surface area (Å²) in [5.74, 6) is 0.440. The summed E-state index contributed by atoms with van der Waals surface area (Å²) < 4.78 is 17.8. The standard InChI is InChI=1S/C14H14FN3O2/c15-10-5-6-11(16-8-10)14-17-13(20-18-14)7-12(19)9-3-1-2-4-9/h5-6,8-9H,1-4,7H2. The van der Waals surface area contributed by atoms with Gasteiger partial charge in [0.25, 0.3) is 0 Å². The predicted molar refractivity (Wildman–Crippen MR) is 68.2 cm³/mol. The molecular weight excluding hydrogens is 261 g/mol. The van der Waals surface area contributed by atoms with Crippen LogP contribution < -0.4 is 0 Å². The zero-order valence-corrected chi connectivity index (χ0v) is 10.9. The van der Waals surface area contributed by atoms with Crippen LogP contribution in [0.25, 0.3) is 11.5 Å². The van der Waals surface area contributed by atoms with Crippen LogP contribution in [-0.4, -0.2) is 20.9 Å². The minimum absolute atomic E-state index is 0.134. The Morgan fingerprint density at radius 2 is 2.15 bits per heavy atom. The molecule has 1 aliphatic rings. The molecule has 0 spiro atoms. The molecule has 0 bridgehead atoms. The molecule has 2 heterocycles. The summed E-state index contributed by atoms with van der Waals surface area (Å²) in [4.78, 5) is 20.0. The minimum atomic E-state index is -0.422. The Hall–Kier alpha value is -2.11. The molecule has 3 rings (SSSR count). The van der Waals surface area contributed by atoms with Crippen LogP contribution >= 0.6 is 0 Å². The van der Waals surface area contributed by atoms with Gasteiger partial charge in [-0.2, -0.15) is 4.98 Å². The van der Waals surface area contributed by atoms with Crippen molar-refractivity contribution < 1.29 is 13.7 Å². The Bertz CT molecular complexity index is 603. The zero-order chi connectivity index (χ0) is 13.9. The van der Waals surface area contributed by atoms with Gasteiger partial charge in [0, 0.05) is 5.92 Å². The quantitative estimate of drug-likeness (QED) is 0.857. The summed E-state index contributed by atoms with van der Waals surface area (Å²) in [6.07, 6.45) is 5.41. The number of hydrogen-bond donors (Lipinski definition) is 0. The monoisotopic (exact) mass is 275 g/mol. The van der Waals surface area contributed by atoms with Crippen molar-refractivity contribution in [1.82, 2.24) is 15.1 Å². The van der Waals surface area contributed by atoms with Gasteiger partial charge in [0.05, 0.1) is 12.6 Å². The van der Waals surface area contributed by atoms with Crippen LogP contribution in [0.1, 0.15) is 31.6 Å². The highest BCUT2D eigenvalue weighted by Crippen LogP contribution is 2.26. The molecule has 2 aromatic rings. The maximum atomic E-state index is 12.8. The predicted octanol–water partition coefficient (Wildman–Crippen LogP) is 2.57. The van der Waals surface area contributed by atoms with Crippen LogP contribution in [-0.2, 0) is 11.2 Å². The normalized spacial score (nSPS) is 15.7. The van der Waals surface area contributed by atoms with Crippen molar-refractivity contribution in [3.05, 3.63) is 30.0 Å². The van der Waals surface area contributed by atoms with Crippen molar-refractivity contribution in [2.75, 3.05) is 0 Å². The highest BCUT2D eigenvalue weighted by Gasteiger charge is 2.24. The first kappa shape index (κ1) is 12.9. The van der Waals surface area contributed by atoms with Crippen molar-refractivity contribution in [2.45, 2.75) is 32.1 Å². The van der Waals surface area contributed by atoms with Gasteiger partial charge >= 0.3 is 0 Å². The number of pyridine rings is 1. The van der Waals surface area contributed by atoms with Crippen molar-refractivity contribution in [1.29, 1.82) is 0 Å². The Morgan fingerprint density at radius 1 is 1.35 bits per heavy atom. The number of aromatic nitrogens is 3. The van der Waals surface area contributed by atoms with E-state index in [2.05, 4.69) is 15.1 Å². The largest absolute Gasteiger partial charge is 0.338 e. The molecule has 0 aromatic carbocycles. The first-order valence-electron chi connectivity index (χ1n) is 6.69. The number of ketones is 1. The molecule has 20 heavy (non-hydrogen) atoms. The van der Waals surface area contributed by atoms with E-state index < -0.39 is 5.82 Å². The molecule has 1 fully saturated rings. The van der Waals surface area contributed by atoms with Gasteiger partial charge in [-0.05, 0) is 25.0 Å². The molecule has 104 valence electrons. The Kier molecular flexibility index (Phi) is 3.54. The number of carbonyl (C=O) groups excluding carboxylic acids is 1. The van der Waals surface area contributed by atoms with Crippen molar-refractivity contribution in [3.8, 4) is 11.5 Å². The molecule has 1 aliphatic carbocycles. The van der Waals surface area contributed by atoms with Crippen molar-refractivity contribution in [2.24, 2.45) is 5.92 Å². The molecule has 0 saturated heterocycles. The second-order valence-electron chi connectivity index (χ2n) is 5.00. The van der Waals surface area contributed by atoms with Crippen molar-refractivity contribution in [3.63, 3.8) is 0 Å². The smallest absolute Gasteiger partial charge is 0.234 e. The lowest BCUT2D eigenvalue weighted by Gasteiger charge is -2.04. The van der Waals surface area contributed by atoms with Crippen LogP contribution in [0.4, 0.5) is 4.39 Å². The van der Waals surface area contributed by atoms with Gasteiger partial charge in [-0.25, -0.2) is 9.37 Å². The summed E-state index contributed by atoms with van der Waals surface area (Å²) in [5, 5.41) is 3.77. The first-order valence-corrected chi connectivity index (χ1v) is 6.69.